The zero-order valence-corrected chi connectivity index (χ0v) is 16.1. The van der Waals surface area contributed by atoms with E-state index in [4.69, 9.17) is 14.7 Å². The third-order valence-electron chi connectivity index (χ3n) is 5.40. The van der Waals surface area contributed by atoms with Crippen LogP contribution in [0.15, 0.2) is 30.6 Å². The Labute approximate surface area is 168 Å². The van der Waals surface area contributed by atoms with Gasteiger partial charge in [0.2, 0.25) is 0 Å². The monoisotopic (exact) mass is 397 g/mol. The summed E-state index contributed by atoms with van der Waals surface area (Å²) < 4.78 is 21.0. The highest BCUT2D eigenvalue weighted by Crippen LogP contribution is 2.25. The Morgan fingerprint density at radius 3 is 2.93 bits per heavy atom. The van der Waals surface area contributed by atoms with Gasteiger partial charge in [0.1, 0.15) is 28.8 Å². The number of pyridine rings is 1. The van der Waals surface area contributed by atoms with Gasteiger partial charge >= 0.3 is 0 Å². The molecule has 5 rings (SSSR count). The molecule has 0 radical (unpaired) electrons. The van der Waals surface area contributed by atoms with Crippen LogP contribution in [-0.4, -0.2) is 64.8 Å². The predicted octanol–water partition coefficient (Wildman–Crippen LogP) is 1.93. The molecule has 1 atom stereocenters. The Morgan fingerprint density at radius 1 is 1.21 bits per heavy atom. The first-order valence-corrected chi connectivity index (χ1v) is 10.1. The van der Waals surface area contributed by atoms with Crippen LogP contribution in [0, 0.1) is 5.82 Å². The van der Waals surface area contributed by atoms with Crippen molar-refractivity contribution in [3.05, 3.63) is 36.4 Å². The lowest BCUT2D eigenvalue weighted by Gasteiger charge is -2.29. The fourth-order valence-electron chi connectivity index (χ4n) is 3.88. The van der Waals surface area contributed by atoms with Gasteiger partial charge in [-0.25, -0.2) is 19.3 Å². The van der Waals surface area contributed by atoms with Crippen LogP contribution in [0.2, 0.25) is 0 Å². The maximum absolute atomic E-state index is 13.8. The quantitative estimate of drug-likeness (QED) is 0.696. The van der Waals surface area contributed by atoms with Crippen molar-refractivity contribution in [3.8, 4) is 11.5 Å². The third-order valence-corrected chi connectivity index (χ3v) is 5.40. The molecule has 152 valence electrons. The lowest BCUT2D eigenvalue weighted by molar-refractivity contribution is 0.122. The zero-order valence-electron chi connectivity index (χ0n) is 16.1. The molecule has 5 heterocycles. The van der Waals surface area contributed by atoms with Crippen molar-refractivity contribution >= 4 is 17.3 Å². The predicted molar refractivity (Wildman–Crippen MR) is 109 cm³/mol. The van der Waals surface area contributed by atoms with Crippen LogP contribution in [0.3, 0.4) is 0 Å². The third kappa shape index (κ3) is 3.88. The number of morpholine rings is 1. The second-order valence-electron chi connectivity index (χ2n) is 7.44. The number of fused-ring (bicyclic) bond motifs is 1. The van der Waals surface area contributed by atoms with Gasteiger partial charge in [-0.1, -0.05) is 0 Å². The van der Waals surface area contributed by atoms with E-state index in [2.05, 4.69) is 20.5 Å². The van der Waals surface area contributed by atoms with Gasteiger partial charge in [-0.05, 0) is 31.5 Å². The van der Waals surface area contributed by atoms with E-state index in [9.17, 15) is 4.39 Å². The molecule has 0 spiro atoms. The van der Waals surface area contributed by atoms with Crippen LogP contribution in [0.4, 0.5) is 16.0 Å². The summed E-state index contributed by atoms with van der Waals surface area (Å²) in [5.41, 5.74) is 1.33. The first-order chi connectivity index (χ1) is 14.3. The molecule has 0 aromatic carbocycles. The smallest absolute Gasteiger partial charge is 0.182 e. The summed E-state index contributed by atoms with van der Waals surface area (Å²) in [6, 6.07) is 5.37. The summed E-state index contributed by atoms with van der Waals surface area (Å²) in [6.45, 7) is 4.88. The van der Waals surface area contributed by atoms with Gasteiger partial charge in [-0.3, -0.25) is 4.40 Å². The Morgan fingerprint density at radius 2 is 2.10 bits per heavy atom. The summed E-state index contributed by atoms with van der Waals surface area (Å²) in [6.07, 6.45) is 5.35. The Kier molecular flexibility index (Phi) is 4.99. The summed E-state index contributed by atoms with van der Waals surface area (Å²) in [5, 5.41) is 6.96. The molecule has 9 heteroatoms. The van der Waals surface area contributed by atoms with E-state index in [0.717, 1.165) is 50.7 Å². The highest BCUT2D eigenvalue weighted by molar-refractivity contribution is 5.62. The van der Waals surface area contributed by atoms with Gasteiger partial charge in [0, 0.05) is 37.9 Å². The van der Waals surface area contributed by atoms with Gasteiger partial charge in [-0.2, -0.15) is 0 Å². The van der Waals surface area contributed by atoms with Gasteiger partial charge in [0.05, 0.1) is 19.4 Å². The van der Waals surface area contributed by atoms with Crippen molar-refractivity contribution in [2.75, 3.05) is 49.6 Å². The van der Waals surface area contributed by atoms with Crippen molar-refractivity contribution in [2.24, 2.45) is 0 Å². The molecule has 3 aromatic rings. The Hall–Kier alpha value is -2.78. The van der Waals surface area contributed by atoms with Crippen molar-refractivity contribution in [2.45, 2.75) is 18.9 Å². The second kappa shape index (κ2) is 7.92. The molecule has 1 unspecified atom stereocenters. The average Bonchev–Trinajstić information content (AvgIpc) is 3.18. The van der Waals surface area contributed by atoms with Crippen LogP contribution in [-0.2, 0) is 4.74 Å². The van der Waals surface area contributed by atoms with E-state index in [1.807, 2.05) is 6.07 Å². The number of hydrogen-bond donors (Lipinski definition) is 2. The van der Waals surface area contributed by atoms with Gasteiger partial charge in [0.25, 0.3) is 0 Å². The van der Waals surface area contributed by atoms with Gasteiger partial charge in [-0.15, -0.1) is 0 Å². The van der Waals surface area contributed by atoms with E-state index in [-0.39, 0.29) is 5.82 Å². The molecule has 29 heavy (non-hydrogen) atoms. The molecule has 0 saturated carbocycles. The molecule has 0 amide bonds. The van der Waals surface area contributed by atoms with Crippen LogP contribution in [0.25, 0.3) is 17.2 Å². The van der Waals surface area contributed by atoms with Crippen molar-refractivity contribution in [3.63, 3.8) is 0 Å². The number of anilines is 2. The van der Waals surface area contributed by atoms with E-state index >= 15 is 0 Å². The minimum Gasteiger partial charge on any atom is -0.378 e. The standard InChI is InChI=1S/C20H24FN7O/c21-14-3-4-18-23-12-16(28(18)13-14)20-25-17(24-15-2-1-5-22-11-15)10-19(26-20)27-6-8-29-9-7-27/h3-4,10,12-13,15,22H,1-2,5-9,11H2,(H,24,25,26). The largest absolute Gasteiger partial charge is 0.378 e. The number of aromatic nitrogens is 4. The molecule has 3 aromatic heterocycles. The normalized spacial score (nSPS) is 20.2. The molecule has 2 N–H and O–H groups in total. The Bertz CT molecular complexity index is 996. The number of rotatable bonds is 4. The van der Waals surface area contributed by atoms with E-state index in [1.165, 1.54) is 12.3 Å². The molecular formula is C20H24FN7O. The van der Waals surface area contributed by atoms with E-state index in [1.54, 1.807) is 16.7 Å². The summed E-state index contributed by atoms with van der Waals surface area (Å²) >= 11 is 0. The number of hydrogen-bond acceptors (Lipinski definition) is 7. The van der Waals surface area contributed by atoms with Crippen LogP contribution >= 0.6 is 0 Å². The Balaban J connectivity index is 1.55. The highest BCUT2D eigenvalue weighted by atomic mass is 19.1. The lowest BCUT2D eigenvalue weighted by Crippen LogP contribution is -2.39. The minimum atomic E-state index is -0.326. The minimum absolute atomic E-state index is 0.323. The SMILES string of the molecule is Fc1ccc2ncc(-c3nc(NC4CCCNC4)cc(N4CCOCC4)n3)n2c1. The molecule has 8 nitrogen and oxygen atoms in total. The maximum atomic E-state index is 13.8. The van der Waals surface area contributed by atoms with Crippen molar-refractivity contribution in [1.82, 2.24) is 24.7 Å². The molecule has 0 bridgehead atoms. The summed E-state index contributed by atoms with van der Waals surface area (Å²) in [7, 11) is 0. The molecule has 2 saturated heterocycles. The number of imidazole rings is 1. The lowest BCUT2D eigenvalue weighted by atomic mass is 10.1. The maximum Gasteiger partial charge on any atom is 0.182 e. The molecule has 2 aliphatic rings. The molecule has 2 fully saturated rings. The molecule has 0 aliphatic carbocycles. The summed E-state index contributed by atoms with van der Waals surface area (Å²) in [5.74, 6) is 1.82. The topological polar surface area (TPSA) is 79.6 Å². The number of nitrogens with zero attached hydrogens (tertiary/aromatic N) is 5. The first kappa shape index (κ1) is 18.3. The number of halogens is 1. The van der Waals surface area contributed by atoms with E-state index in [0.29, 0.717) is 36.4 Å². The average molecular weight is 397 g/mol. The summed E-state index contributed by atoms with van der Waals surface area (Å²) in [4.78, 5) is 16.1. The van der Waals surface area contributed by atoms with Crippen LogP contribution in [0.5, 0.6) is 0 Å². The first-order valence-electron chi connectivity index (χ1n) is 10.1. The molecule has 2 aliphatic heterocycles. The highest BCUT2D eigenvalue weighted by Gasteiger charge is 2.20. The van der Waals surface area contributed by atoms with Crippen LogP contribution in [0.1, 0.15) is 12.8 Å². The van der Waals surface area contributed by atoms with Crippen molar-refractivity contribution < 1.29 is 9.13 Å². The molecular weight excluding hydrogens is 373 g/mol. The van der Waals surface area contributed by atoms with E-state index < -0.39 is 0 Å². The number of piperidine rings is 1. The van der Waals surface area contributed by atoms with Gasteiger partial charge in [0.15, 0.2) is 5.82 Å². The fourth-order valence-corrected chi connectivity index (χ4v) is 3.88. The zero-order chi connectivity index (χ0) is 19.6. The van der Waals surface area contributed by atoms with Crippen molar-refractivity contribution in [1.29, 1.82) is 0 Å². The number of ether oxygens (including phenoxy) is 1. The fraction of sp³-hybridized carbons (Fsp3) is 0.450. The number of nitrogens with one attached hydrogen (secondary N) is 2. The second-order valence-corrected chi connectivity index (χ2v) is 7.44. The van der Waals surface area contributed by atoms with Gasteiger partial charge < -0.3 is 20.3 Å². The van der Waals surface area contributed by atoms with Crippen LogP contribution < -0.4 is 15.5 Å².